The lowest BCUT2D eigenvalue weighted by molar-refractivity contribution is -0.0168. The molecule has 0 N–H and O–H groups in total. The molecule has 0 bridgehead atoms. The summed E-state index contributed by atoms with van der Waals surface area (Å²) in [7, 11) is 3.54. The minimum absolute atomic E-state index is 0.0313. The van der Waals surface area contributed by atoms with Crippen LogP contribution >= 0.6 is 0 Å². The van der Waals surface area contributed by atoms with Gasteiger partial charge in [0.2, 0.25) is 6.29 Å². The van der Waals surface area contributed by atoms with Crippen LogP contribution in [-0.2, 0) is 23.6 Å². The van der Waals surface area contributed by atoms with Gasteiger partial charge in [-0.3, -0.25) is 9.13 Å². The summed E-state index contributed by atoms with van der Waals surface area (Å²) in [4.78, 5) is 11.9. The van der Waals surface area contributed by atoms with Crippen molar-refractivity contribution >= 4 is 16.8 Å². The third-order valence-corrected chi connectivity index (χ3v) is 3.48. The van der Waals surface area contributed by atoms with Crippen molar-refractivity contribution < 1.29 is 9.47 Å². The van der Waals surface area contributed by atoms with Gasteiger partial charge in [-0.2, -0.15) is 0 Å². The molecule has 0 fully saturated rings. The lowest BCUT2D eigenvalue weighted by Gasteiger charge is -2.09. The van der Waals surface area contributed by atoms with Crippen LogP contribution in [0.15, 0.2) is 29.3 Å². The van der Waals surface area contributed by atoms with Gasteiger partial charge in [-0.15, -0.1) is 0 Å². The Bertz CT molecular complexity index is 724. The summed E-state index contributed by atoms with van der Waals surface area (Å²) in [6.45, 7) is 2.01. The maximum Gasteiger partial charge on any atom is 0.328 e. The van der Waals surface area contributed by atoms with Crippen LogP contribution in [0, 0.1) is 0 Å². The van der Waals surface area contributed by atoms with Crippen molar-refractivity contribution in [2.45, 2.75) is 19.6 Å². The predicted molar refractivity (Wildman–Crippen MR) is 72.4 cm³/mol. The molecule has 0 saturated heterocycles. The highest BCUT2D eigenvalue weighted by Crippen LogP contribution is 2.27. The minimum atomic E-state index is -0.203. The van der Waals surface area contributed by atoms with Crippen LogP contribution in [-0.4, -0.2) is 15.4 Å². The molecule has 100 valence electrons. The molecule has 0 amide bonds. The Morgan fingerprint density at radius 1 is 1.21 bits per heavy atom. The number of hydrogen-bond donors (Lipinski definition) is 0. The largest absolute Gasteiger partial charge is 0.459 e. The molecule has 0 saturated carbocycles. The number of ether oxygens (including phenoxy) is 2. The molecule has 1 unspecified atom stereocenters. The zero-order valence-electron chi connectivity index (χ0n) is 11.2. The quantitative estimate of drug-likeness (QED) is 0.829. The standard InChI is InChI=1S/C14H16N2O3/c1-4-13-18-8-12(19-13)9-5-6-10-11(7-9)16(3)14(17)15(10)2/h5-8,13H,4H2,1-3H3. The summed E-state index contributed by atoms with van der Waals surface area (Å²) in [5.74, 6) is 0.713. The first-order chi connectivity index (χ1) is 9.11. The summed E-state index contributed by atoms with van der Waals surface area (Å²) in [6.07, 6.45) is 2.23. The molecule has 2 aromatic rings. The van der Waals surface area contributed by atoms with Crippen molar-refractivity contribution in [1.82, 2.24) is 9.13 Å². The monoisotopic (exact) mass is 260 g/mol. The highest BCUT2D eigenvalue weighted by atomic mass is 16.7. The van der Waals surface area contributed by atoms with E-state index in [1.54, 1.807) is 29.5 Å². The van der Waals surface area contributed by atoms with E-state index in [4.69, 9.17) is 9.47 Å². The normalized spacial score (nSPS) is 18.3. The molecule has 5 nitrogen and oxygen atoms in total. The number of benzene rings is 1. The number of aryl methyl sites for hydroxylation is 2. The minimum Gasteiger partial charge on any atom is -0.459 e. The van der Waals surface area contributed by atoms with Gasteiger partial charge in [0.1, 0.15) is 6.26 Å². The number of nitrogens with zero attached hydrogens (tertiary/aromatic N) is 2. The van der Waals surface area contributed by atoms with E-state index < -0.39 is 0 Å². The van der Waals surface area contributed by atoms with Crippen LogP contribution in [0.2, 0.25) is 0 Å². The molecule has 0 spiro atoms. The van der Waals surface area contributed by atoms with E-state index in [0.717, 1.165) is 23.0 Å². The molecule has 19 heavy (non-hydrogen) atoms. The molecule has 5 heteroatoms. The Balaban J connectivity index is 2.08. The van der Waals surface area contributed by atoms with Crippen molar-refractivity contribution in [3.05, 3.63) is 40.5 Å². The van der Waals surface area contributed by atoms with E-state index in [1.807, 2.05) is 25.1 Å². The zero-order chi connectivity index (χ0) is 13.6. The first-order valence-electron chi connectivity index (χ1n) is 6.30. The Kier molecular flexibility index (Phi) is 2.62. The van der Waals surface area contributed by atoms with Gasteiger partial charge in [0.15, 0.2) is 5.76 Å². The Labute approximate surface area is 110 Å². The van der Waals surface area contributed by atoms with Gasteiger partial charge in [0, 0.05) is 26.1 Å². The van der Waals surface area contributed by atoms with E-state index in [9.17, 15) is 4.79 Å². The number of rotatable bonds is 2. The van der Waals surface area contributed by atoms with E-state index >= 15 is 0 Å². The summed E-state index contributed by atoms with van der Waals surface area (Å²) in [5, 5.41) is 0. The molecule has 2 heterocycles. The second kappa shape index (κ2) is 4.19. The molecule has 3 rings (SSSR count). The van der Waals surface area contributed by atoms with Gasteiger partial charge >= 0.3 is 5.69 Å². The Morgan fingerprint density at radius 3 is 2.63 bits per heavy atom. The van der Waals surface area contributed by atoms with Crippen LogP contribution in [0.5, 0.6) is 0 Å². The Hall–Kier alpha value is -2.17. The molecular weight excluding hydrogens is 244 g/mol. The fraction of sp³-hybridized carbons (Fsp3) is 0.357. The molecule has 0 radical (unpaired) electrons. The lowest BCUT2D eigenvalue weighted by Crippen LogP contribution is -2.19. The van der Waals surface area contributed by atoms with Crippen molar-refractivity contribution in [2.75, 3.05) is 0 Å². The van der Waals surface area contributed by atoms with Gasteiger partial charge < -0.3 is 9.47 Å². The van der Waals surface area contributed by atoms with Gasteiger partial charge in [-0.05, 0) is 18.2 Å². The average Bonchev–Trinajstić information content (AvgIpc) is 2.99. The highest BCUT2D eigenvalue weighted by Gasteiger charge is 2.19. The second-order valence-electron chi connectivity index (χ2n) is 4.68. The third kappa shape index (κ3) is 1.73. The second-order valence-corrected chi connectivity index (χ2v) is 4.68. The van der Waals surface area contributed by atoms with Crippen molar-refractivity contribution in [3.63, 3.8) is 0 Å². The number of imidazole rings is 1. The highest BCUT2D eigenvalue weighted by molar-refractivity contribution is 5.80. The molecule has 1 atom stereocenters. The molecule has 1 aromatic heterocycles. The summed E-state index contributed by atoms with van der Waals surface area (Å²) >= 11 is 0. The first-order valence-corrected chi connectivity index (χ1v) is 6.30. The molecule has 1 aromatic carbocycles. The summed E-state index contributed by atoms with van der Waals surface area (Å²) in [5.41, 5.74) is 2.68. The predicted octanol–water partition coefficient (Wildman–Crippen LogP) is 1.96. The Morgan fingerprint density at radius 2 is 1.95 bits per heavy atom. The topological polar surface area (TPSA) is 45.4 Å². The zero-order valence-corrected chi connectivity index (χ0v) is 11.2. The number of hydrogen-bond acceptors (Lipinski definition) is 3. The molecular formula is C14H16N2O3. The fourth-order valence-corrected chi connectivity index (χ4v) is 2.31. The van der Waals surface area contributed by atoms with E-state index in [-0.39, 0.29) is 12.0 Å². The number of aromatic nitrogens is 2. The maximum absolute atomic E-state index is 11.9. The van der Waals surface area contributed by atoms with Gasteiger partial charge in [-0.1, -0.05) is 6.92 Å². The van der Waals surface area contributed by atoms with Crippen LogP contribution in [0.4, 0.5) is 0 Å². The van der Waals surface area contributed by atoms with E-state index in [2.05, 4.69) is 0 Å². The van der Waals surface area contributed by atoms with Crippen LogP contribution in [0.3, 0.4) is 0 Å². The first kappa shape index (κ1) is 11.9. The van der Waals surface area contributed by atoms with Gasteiger partial charge in [0.05, 0.1) is 11.0 Å². The van der Waals surface area contributed by atoms with Gasteiger partial charge in [0.25, 0.3) is 0 Å². The van der Waals surface area contributed by atoms with E-state index in [1.165, 1.54) is 0 Å². The van der Waals surface area contributed by atoms with Gasteiger partial charge in [-0.25, -0.2) is 4.79 Å². The van der Waals surface area contributed by atoms with E-state index in [0.29, 0.717) is 5.76 Å². The molecule has 1 aliphatic heterocycles. The molecule has 0 aliphatic carbocycles. The van der Waals surface area contributed by atoms with Crippen molar-refractivity contribution in [2.24, 2.45) is 14.1 Å². The fourth-order valence-electron chi connectivity index (χ4n) is 2.31. The number of fused-ring (bicyclic) bond motifs is 1. The summed E-state index contributed by atoms with van der Waals surface area (Å²) < 4.78 is 14.3. The van der Waals surface area contributed by atoms with Crippen molar-refractivity contribution in [1.29, 1.82) is 0 Å². The van der Waals surface area contributed by atoms with Crippen LogP contribution < -0.4 is 5.69 Å². The maximum atomic E-state index is 11.9. The summed E-state index contributed by atoms with van der Waals surface area (Å²) in [6, 6.07) is 5.81. The SMILES string of the molecule is CCC1OC=C(c2ccc3c(c2)n(C)c(=O)n3C)O1. The van der Waals surface area contributed by atoms with Crippen LogP contribution in [0.1, 0.15) is 18.9 Å². The van der Waals surface area contributed by atoms with Crippen molar-refractivity contribution in [3.8, 4) is 0 Å². The molecule has 1 aliphatic rings. The van der Waals surface area contributed by atoms with Crippen LogP contribution in [0.25, 0.3) is 16.8 Å². The average molecular weight is 260 g/mol. The lowest BCUT2D eigenvalue weighted by atomic mass is 10.1. The smallest absolute Gasteiger partial charge is 0.328 e. The third-order valence-electron chi connectivity index (χ3n) is 3.48.